The molecule has 1 aliphatic carbocycles. The molecule has 1 saturated heterocycles. The van der Waals surface area contributed by atoms with E-state index in [2.05, 4.69) is 0 Å². The van der Waals surface area contributed by atoms with Crippen LogP contribution in [0.15, 0.2) is 0 Å². The molecule has 112 valence electrons. The Kier molecular flexibility index (Phi) is 8.02. The molecule has 5 nitrogen and oxygen atoms in total. The predicted octanol–water partition coefficient (Wildman–Crippen LogP) is 1.75. The maximum Gasteiger partial charge on any atom is 0.305 e. The van der Waals surface area contributed by atoms with Crippen LogP contribution in [0.4, 0.5) is 0 Å². The van der Waals surface area contributed by atoms with Crippen LogP contribution in [0.3, 0.4) is 0 Å². The van der Waals surface area contributed by atoms with Crippen LogP contribution in [0.1, 0.15) is 57.8 Å². The smallest absolute Gasteiger partial charge is 0.305 e. The van der Waals surface area contributed by atoms with Gasteiger partial charge in [0.25, 0.3) is 0 Å². The molecule has 0 amide bonds. The zero-order valence-corrected chi connectivity index (χ0v) is 11.6. The molecule has 0 aromatic rings. The molecule has 0 atom stereocenters. The van der Waals surface area contributed by atoms with Crippen molar-refractivity contribution in [2.24, 2.45) is 0 Å². The fourth-order valence-electron chi connectivity index (χ4n) is 2.29. The molecular formula is C14H26O5. The van der Waals surface area contributed by atoms with Crippen molar-refractivity contribution in [3.05, 3.63) is 0 Å². The van der Waals surface area contributed by atoms with Gasteiger partial charge in [0.15, 0.2) is 5.79 Å². The lowest BCUT2D eigenvalue weighted by atomic mass is 9.94. The molecule has 2 N–H and O–H groups in total. The lowest BCUT2D eigenvalue weighted by Gasteiger charge is -2.31. The second kappa shape index (κ2) is 9.28. The van der Waals surface area contributed by atoms with Crippen molar-refractivity contribution in [2.75, 3.05) is 19.8 Å². The van der Waals surface area contributed by atoms with E-state index in [4.69, 9.17) is 14.6 Å². The molecule has 5 heteroatoms. The fourth-order valence-corrected chi connectivity index (χ4v) is 2.29. The normalized spacial score (nSPS) is 22.7. The molecule has 0 unspecified atom stereocenters. The summed E-state index contributed by atoms with van der Waals surface area (Å²) in [5.74, 6) is -0.955. The van der Waals surface area contributed by atoms with E-state index >= 15 is 0 Å². The minimum Gasteiger partial charge on any atom is -0.466 e. The fraction of sp³-hybridized carbons (Fsp3) is 0.929. The number of hydrogen-bond acceptors (Lipinski definition) is 5. The van der Waals surface area contributed by atoms with Crippen molar-refractivity contribution in [3.63, 3.8) is 0 Å². The molecule has 2 fully saturated rings. The molecule has 0 aromatic heterocycles. The first-order chi connectivity index (χ1) is 9.16. The van der Waals surface area contributed by atoms with Crippen molar-refractivity contribution in [1.82, 2.24) is 0 Å². The summed E-state index contributed by atoms with van der Waals surface area (Å²) < 4.78 is 9.89. The molecule has 0 aromatic carbocycles. The number of aliphatic hydroxyl groups is 2. The summed E-state index contributed by atoms with van der Waals surface area (Å²) in [6.07, 6.45) is 8.50. The molecule has 19 heavy (non-hydrogen) atoms. The quantitative estimate of drug-likeness (QED) is 0.605. The number of hydrogen-bond donors (Lipinski definition) is 2. The summed E-state index contributed by atoms with van der Waals surface area (Å²) in [4.78, 5) is 10.5. The van der Waals surface area contributed by atoms with Crippen molar-refractivity contribution in [1.29, 1.82) is 0 Å². The van der Waals surface area contributed by atoms with E-state index in [1.807, 2.05) is 0 Å². The first-order valence-electron chi connectivity index (χ1n) is 7.29. The van der Waals surface area contributed by atoms with E-state index in [0.29, 0.717) is 25.9 Å². The lowest BCUT2D eigenvalue weighted by Crippen LogP contribution is -2.35. The first kappa shape index (κ1) is 16.4. The van der Waals surface area contributed by atoms with Crippen LogP contribution in [0.2, 0.25) is 0 Å². The third-order valence-electron chi connectivity index (χ3n) is 3.39. The van der Waals surface area contributed by atoms with E-state index in [1.165, 1.54) is 6.42 Å². The van der Waals surface area contributed by atoms with E-state index in [-0.39, 0.29) is 19.2 Å². The Bertz CT molecular complexity index is 238. The maximum atomic E-state index is 10.5. The van der Waals surface area contributed by atoms with Crippen LogP contribution in [-0.4, -0.2) is 41.8 Å². The van der Waals surface area contributed by atoms with E-state index in [1.54, 1.807) is 0 Å². The standard InChI is InChI=1S/C8H16O3.C6H10O2/c9-6-7-11-8(10)4-2-1-3-5-8;7-6-4-2-1-3-5-8-6/h9-10H,1-7H2;1-5H2. The van der Waals surface area contributed by atoms with Gasteiger partial charge in [-0.25, -0.2) is 0 Å². The van der Waals surface area contributed by atoms with Gasteiger partial charge in [0.05, 0.1) is 19.8 Å². The number of cyclic esters (lactones) is 1. The van der Waals surface area contributed by atoms with Crippen molar-refractivity contribution < 1.29 is 24.5 Å². The third-order valence-corrected chi connectivity index (χ3v) is 3.39. The minimum absolute atomic E-state index is 0.0116. The van der Waals surface area contributed by atoms with Crippen molar-refractivity contribution >= 4 is 5.97 Å². The molecule has 1 aliphatic heterocycles. The van der Waals surface area contributed by atoms with Crippen molar-refractivity contribution in [3.8, 4) is 0 Å². The molecule has 1 heterocycles. The number of carbonyl (C=O) groups excluding carboxylic acids is 1. The number of ether oxygens (including phenoxy) is 2. The summed E-state index contributed by atoms with van der Waals surface area (Å²) >= 11 is 0. The molecular weight excluding hydrogens is 248 g/mol. The summed E-state index contributed by atoms with van der Waals surface area (Å²) in [5.41, 5.74) is 0. The largest absolute Gasteiger partial charge is 0.466 e. The topological polar surface area (TPSA) is 76.0 Å². The molecule has 0 bridgehead atoms. The number of rotatable bonds is 3. The van der Waals surface area contributed by atoms with Gasteiger partial charge < -0.3 is 19.7 Å². The van der Waals surface area contributed by atoms with Crippen LogP contribution in [0.25, 0.3) is 0 Å². The Labute approximate surface area is 114 Å². The van der Waals surface area contributed by atoms with Gasteiger partial charge in [-0.15, -0.1) is 0 Å². The van der Waals surface area contributed by atoms with Gasteiger partial charge in [-0.3, -0.25) is 4.79 Å². The van der Waals surface area contributed by atoms with E-state index in [9.17, 15) is 9.90 Å². The second-order valence-electron chi connectivity index (χ2n) is 5.11. The number of esters is 1. The van der Waals surface area contributed by atoms with Gasteiger partial charge in [0.2, 0.25) is 0 Å². The summed E-state index contributed by atoms with van der Waals surface area (Å²) in [6, 6.07) is 0. The Morgan fingerprint density at radius 2 is 1.79 bits per heavy atom. The summed E-state index contributed by atoms with van der Waals surface area (Å²) in [7, 11) is 0. The van der Waals surface area contributed by atoms with Crippen molar-refractivity contribution in [2.45, 2.75) is 63.6 Å². The minimum atomic E-state index is -0.930. The Morgan fingerprint density at radius 1 is 1.11 bits per heavy atom. The summed E-state index contributed by atoms with van der Waals surface area (Å²) in [5, 5.41) is 18.1. The zero-order valence-electron chi connectivity index (χ0n) is 11.6. The summed E-state index contributed by atoms with van der Waals surface area (Å²) in [6.45, 7) is 0.873. The molecule has 0 radical (unpaired) electrons. The highest BCUT2D eigenvalue weighted by molar-refractivity contribution is 5.69. The third kappa shape index (κ3) is 7.50. The molecule has 2 aliphatic rings. The average molecular weight is 274 g/mol. The second-order valence-corrected chi connectivity index (χ2v) is 5.11. The van der Waals surface area contributed by atoms with E-state index in [0.717, 1.165) is 32.1 Å². The average Bonchev–Trinajstić information content (AvgIpc) is 2.66. The van der Waals surface area contributed by atoms with E-state index < -0.39 is 5.79 Å². The molecule has 2 rings (SSSR count). The number of carbonyl (C=O) groups is 1. The highest BCUT2D eigenvalue weighted by Gasteiger charge is 2.29. The van der Waals surface area contributed by atoms with Gasteiger partial charge in [-0.2, -0.15) is 0 Å². The van der Waals surface area contributed by atoms with Gasteiger partial charge in [0.1, 0.15) is 0 Å². The predicted molar refractivity (Wildman–Crippen MR) is 70.5 cm³/mol. The molecule has 0 spiro atoms. The van der Waals surface area contributed by atoms with Gasteiger partial charge in [-0.05, 0) is 32.1 Å². The van der Waals surface area contributed by atoms with Gasteiger partial charge >= 0.3 is 5.97 Å². The SMILES string of the molecule is O=C1CCCCCO1.OCCOC1(O)CCCCC1. The Balaban J connectivity index is 0.000000200. The van der Waals surface area contributed by atoms with Crippen LogP contribution in [0.5, 0.6) is 0 Å². The zero-order chi connectivity index (χ0) is 14.0. The lowest BCUT2D eigenvalue weighted by molar-refractivity contribution is -0.223. The molecule has 1 saturated carbocycles. The van der Waals surface area contributed by atoms with Crippen LogP contribution in [-0.2, 0) is 14.3 Å². The maximum absolute atomic E-state index is 10.5. The Morgan fingerprint density at radius 3 is 2.47 bits per heavy atom. The van der Waals surface area contributed by atoms with Crippen LogP contribution in [0, 0.1) is 0 Å². The van der Waals surface area contributed by atoms with Gasteiger partial charge in [0, 0.05) is 19.3 Å². The van der Waals surface area contributed by atoms with Crippen LogP contribution < -0.4 is 0 Å². The van der Waals surface area contributed by atoms with Gasteiger partial charge in [-0.1, -0.05) is 6.42 Å². The van der Waals surface area contributed by atoms with Crippen LogP contribution >= 0.6 is 0 Å². The Hall–Kier alpha value is -0.650. The highest BCUT2D eigenvalue weighted by atomic mass is 16.6. The monoisotopic (exact) mass is 274 g/mol. The first-order valence-corrected chi connectivity index (χ1v) is 7.29. The number of aliphatic hydroxyl groups excluding tert-OH is 1. The highest BCUT2D eigenvalue weighted by Crippen LogP contribution is 2.28.